The molecule has 0 aromatic heterocycles. The Morgan fingerprint density at radius 1 is 1.83 bits per heavy atom. The molecule has 12 heavy (non-hydrogen) atoms. The van der Waals surface area contributed by atoms with Crippen molar-refractivity contribution in [3.63, 3.8) is 0 Å². The Bertz CT molecular complexity index is 179. The zero-order chi connectivity index (χ0) is 9.03. The summed E-state index contributed by atoms with van der Waals surface area (Å²) in [5, 5.41) is 12.8. The third-order valence-electron chi connectivity index (χ3n) is 2.07. The molecule has 0 aromatic rings. The highest BCUT2D eigenvalue weighted by Crippen LogP contribution is 2.16. The summed E-state index contributed by atoms with van der Waals surface area (Å²) < 4.78 is 5.08. The molecule has 1 rings (SSSR count). The molecule has 2 N–H and O–H groups in total. The van der Waals surface area contributed by atoms with E-state index in [1.54, 1.807) is 0 Å². The molecule has 0 bridgehead atoms. The fraction of sp³-hybridized carbons (Fsp3) is 0.778. The van der Waals surface area contributed by atoms with Gasteiger partial charge in [-0.1, -0.05) is 5.92 Å². The van der Waals surface area contributed by atoms with E-state index in [0.29, 0.717) is 26.2 Å². The highest BCUT2D eigenvalue weighted by molar-refractivity contribution is 4.97. The van der Waals surface area contributed by atoms with Crippen molar-refractivity contribution in [1.82, 2.24) is 5.32 Å². The minimum atomic E-state index is -0.703. The molecule has 0 radical (unpaired) electrons. The van der Waals surface area contributed by atoms with Gasteiger partial charge in [0.15, 0.2) is 0 Å². The van der Waals surface area contributed by atoms with E-state index in [0.717, 1.165) is 0 Å². The van der Waals surface area contributed by atoms with Gasteiger partial charge < -0.3 is 15.2 Å². The first-order valence-corrected chi connectivity index (χ1v) is 4.16. The van der Waals surface area contributed by atoms with Crippen molar-refractivity contribution in [2.75, 3.05) is 19.8 Å². The van der Waals surface area contributed by atoms with Crippen molar-refractivity contribution in [1.29, 1.82) is 0 Å². The number of rotatable bonds is 3. The predicted molar refractivity (Wildman–Crippen MR) is 46.7 cm³/mol. The van der Waals surface area contributed by atoms with Crippen LogP contribution in [-0.2, 0) is 4.74 Å². The van der Waals surface area contributed by atoms with Gasteiger partial charge in [-0.25, -0.2) is 0 Å². The third-order valence-corrected chi connectivity index (χ3v) is 2.07. The highest BCUT2D eigenvalue weighted by Gasteiger charge is 2.31. The molecule has 3 heteroatoms. The van der Waals surface area contributed by atoms with Gasteiger partial charge in [-0.2, -0.15) is 0 Å². The maximum Gasteiger partial charge on any atom is 0.103 e. The Labute approximate surface area is 73.1 Å². The molecule has 2 atom stereocenters. The minimum absolute atomic E-state index is 0.00891. The molecule has 68 valence electrons. The minimum Gasteiger partial charge on any atom is -0.386 e. The summed E-state index contributed by atoms with van der Waals surface area (Å²) in [4.78, 5) is 0. The number of aliphatic hydroxyl groups is 1. The van der Waals surface area contributed by atoms with Crippen LogP contribution in [0.5, 0.6) is 0 Å². The Balaban J connectivity index is 2.26. The average Bonchev–Trinajstić information content (AvgIpc) is 2.49. The molecular formula is C9H15NO2. The van der Waals surface area contributed by atoms with Gasteiger partial charge in [0.25, 0.3) is 0 Å². The van der Waals surface area contributed by atoms with Crippen molar-refractivity contribution >= 4 is 0 Å². The number of terminal acetylenes is 1. The summed E-state index contributed by atoms with van der Waals surface area (Å²) in [5.41, 5.74) is -0.703. The smallest absolute Gasteiger partial charge is 0.103 e. The first-order valence-electron chi connectivity index (χ1n) is 4.16. The highest BCUT2D eigenvalue weighted by atomic mass is 16.5. The van der Waals surface area contributed by atoms with Gasteiger partial charge in [-0.05, 0) is 6.92 Å². The number of hydrogen-bond acceptors (Lipinski definition) is 3. The van der Waals surface area contributed by atoms with E-state index in [9.17, 15) is 5.11 Å². The van der Waals surface area contributed by atoms with Crippen LogP contribution in [-0.4, -0.2) is 36.5 Å². The van der Waals surface area contributed by atoms with Gasteiger partial charge in [-0.15, -0.1) is 6.42 Å². The fourth-order valence-corrected chi connectivity index (χ4v) is 1.14. The van der Waals surface area contributed by atoms with E-state index in [-0.39, 0.29) is 6.04 Å². The second kappa shape index (κ2) is 3.90. The molecule has 0 saturated carbocycles. The predicted octanol–water partition coefficient (Wildman–Crippen LogP) is -0.251. The van der Waals surface area contributed by atoms with Gasteiger partial charge in [0.1, 0.15) is 5.60 Å². The summed E-state index contributed by atoms with van der Waals surface area (Å²) in [6.45, 7) is 3.46. The monoisotopic (exact) mass is 169 g/mol. The van der Waals surface area contributed by atoms with E-state index >= 15 is 0 Å². The van der Waals surface area contributed by atoms with Gasteiger partial charge >= 0.3 is 0 Å². The molecule has 1 aliphatic heterocycles. The largest absolute Gasteiger partial charge is 0.386 e. The van der Waals surface area contributed by atoms with E-state index in [1.165, 1.54) is 0 Å². The van der Waals surface area contributed by atoms with Crippen LogP contribution in [0.3, 0.4) is 0 Å². The summed E-state index contributed by atoms with van der Waals surface area (Å²) in [7, 11) is 0. The standard InChI is InChI=1S/C9H15NO2/c1-3-8(2)10-6-9(11)4-5-12-7-9/h1,8,10-11H,4-7H2,2H3. The summed E-state index contributed by atoms with van der Waals surface area (Å²) >= 11 is 0. The Kier molecular flexibility index (Phi) is 3.10. The molecular weight excluding hydrogens is 154 g/mol. The number of nitrogens with one attached hydrogen (secondary N) is 1. The average molecular weight is 169 g/mol. The van der Waals surface area contributed by atoms with Crippen molar-refractivity contribution in [2.45, 2.75) is 25.0 Å². The molecule has 1 fully saturated rings. The maximum atomic E-state index is 9.78. The lowest BCUT2D eigenvalue weighted by atomic mass is 10.0. The molecule has 0 aromatic carbocycles. The van der Waals surface area contributed by atoms with Crippen LogP contribution in [0.25, 0.3) is 0 Å². The lowest BCUT2D eigenvalue weighted by Gasteiger charge is -2.21. The van der Waals surface area contributed by atoms with Gasteiger partial charge in [0.05, 0.1) is 12.6 Å². The second-order valence-corrected chi connectivity index (χ2v) is 3.30. The van der Waals surface area contributed by atoms with Crippen molar-refractivity contribution in [3.8, 4) is 12.3 Å². The lowest BCUT2D eigenvalue weighted by molar-refractivity contribution is 0.0264. The van der Waals surface area contributed by atoms with Crippen LogP contribution in [0.2, 0.25) is 0 Å². The normalized spacial score (nSPS) is 31.4. The molecule has 0 aliphatic carbocycles. The molecule has 1 saturated heterocycles. The van der Waals surface area contributed by atoms with Crippen molar-refractivity contribution in [2.24, 2.45) is 0 Å². The third kappa shape index (κ3) is 2.49. The van der Waals surface area contributed by atoms with Gasteiger partial charge in [0, 0.05) is 19.6 Å². The van der Waals surface area contributed by atoms with E-state index in [4.69, 9.17) is 11.2 Å². The van der Waals surface area contributed by atoms with Crippen molar-refractivity contribution < 1.29 is 9.84 Å². The summed E-state index contributed by atoms with van der Waals surface area (Å²) in [5.74, 6) is 2.54. The van der Waals surface area contributed by atoms with E-state index in [2.05, 4.69) is 11.2 Å². The van der Waals surface area contributed by atoms with Crippen LogP contribution < -0.4 is 5.32 Å². The summed E-state index contributed by atoms with van der Waals surface area (Å²) in [6, 6.07) is 0.00891. The Hall–Kier alpha value is -0.560. The topological polar surface area (TPSA) is 41.5 Å². The van der Waals surface area contributed by atoms with Gasteiger partial charge in [-0.3, -0.25) is 0 Å². The van der Waals surface area contributed by atoms with Crippen LogP contribution in [0.15, 0.2) is 0 Å². The quantitative estimate of drug-likeness (QED) is 0.572. The lowest BCUT2D eigenvalue weighted by Crippen LogP contribution is -2.43. The molecule has 0 spiro atoms. The van der Waals surface area contributed by atoms with Crippen LogP contribution in [0.1, 0.15) is 13.3 Å². The van der Waals surface area contributed by atoms with Crippen molar-refractivity contribution in [3.05, 3.63) is 0 Å². The maximum absolute atomic E-state index is 9.78. The van der Waals surface area contributed by atoms with Crippen LogP contribution in [0.4, 0.5) is 0 Å². The van der Waals surface area contributed by atoms with Crippen LogP contribution >= 0.6 is 0 Å². The second-order valence-electron chi connectivity index (χ2n) is 3.30. The zero-order valence-corrected chi connectivity index (χ0v) is 7.34. The van der Waals surface area contributed by atoms with Crippen LogP contribution in [0, 0.1) is 12.3 Å². The Morgan fingerprint density at radius 2 is 2.58 bits per heavy atom. The summed E-state index contributed by atoms with van der Waals surface area (Å²) in [6.07, 6.45) is 5.87. The molecule has 0 amide bonds. The fourth-order valence-electron chi connectivity index (χ4n) is 1.14. The Morgan fingerprint density at radius 3 is 3.08 bits per heavy atom. The first kappa shape index (κ1) is 9.53. The molecule has 1 aliphatic rings. The van der Waals surface area contributed by atoms with E-state index in [1.807, 2.05) is 6.92 Å². The van der Waals surface area contributed by atoms with E-state index < -0.39 is 5.60 Å². The SMILES string of the molecule is C#CC(C)NCC1(O)CCOC1. The zero-order valence-electron chi connectivity index (χ0n) is 7.34. The number of hydrogen-bond donors (Lipinski definition) is 2. The number of ether oxygens (including phenoxy) is 1. The molecule has 3 nitrogen and oxygen atoms in total. The van der Waals surface area contributed by atoms with Gasteiger partial charge in [0.2, 0.25) is 0 Å². The first-order chi connectivity index (χ1) is 5.66. The molecule has 1 heterocycles. The molecule has 2 unspecified atom stereocenters.